The zero-order chi connectivity index (χ0) is 18.2. The highest BCUT2D eigenvalue weighted by atomic mass is 16.3. The van der Waals surface area contributed by atoms with Crippen LogP contribution in [0.3, 0.4) is 0 Å². The van der Waals surface area contributed by atoms with Gasteiger partial charge in [0, 0.05) is 35.8 Å². The molecule has 0 aromatic rings. The lowest BCUT2D eigenvalue weighted by molar-refractivity contribution is -0.211. The number of aliphatic hydroxyl groups excluding tert-OH is 2. The summed E-state index contributed by atoms with van der Waals surface area (Å²) in [5.41, 5.74) is 0.598. The molecule has 0 radical (unpaired) electrons. The van der Waals surface area contributed by atoms with Gasteiger partial charge in [0.2, 0.25) is 0 Å². The van der Waals surface area contributed by atoms with Crippen LogP contribution in [0, 0.1) is 39.9 Å². The van der Waals surface area contributed by atoms with Gasteiger partial charge < -0.3 is 10.2 Å². The normalized spacial score (nSPS) is 62.7. The molecular formula is C22H31NO3. The standard InChI is InChI=1S/C22H31NO3/c1-4-23-10-20(3)6-5-17(25)22-15(20)7-13(18(22)23)21-9-12(11(2)19(21)26)14(24)8-16(21)22/h12-13,15-19,25-26H,2,4-10H2,1,3H3/t12-,13-,15-,16?,17?,18?,19+,20-,21-,22-/m0/s1. The number of hydrogen-bond acceptors (Lipinski definition) is 4. The maximum absolute atomic E-state index is 13.0. The van der Waals surface area contributed by atoms with Gasteiger partial charge >= 0.3 is 0 Å². The van der Waals surface area contributed by atoms with Crippen molar-refractivity contribution in [3.8, 4) is 0 Å². The molecule has 6 fully saturated rings. The molecule has 1 heterocycles. The van der Waals surface area contributed by atoms with E-state index in [1.54, 1.807) is 0 Å². The largest absolute Gasteiger partial charge is 0.392 e. The van der Waals surface area contributed by atoms with Crippen LogP contribution in [0.1, 0.15) is 46.0 Å². The molecule has 0 amide bonds. The molecule has 142 valence electrons. The summed E-state index contributed by atoms with van der Waals surface area (Å²) >= 11 is 0. The van der Waals surface area contributed by atoms with E-state index in [1.165, 1.54) is 0 Å². The van der Waals surface area contributed by atoms with Gasteiger partial charge in [0.05, 0.1) is 12.2 Å². The van der Waals surface area contributed by atoms with Crippen molar-refractivity contribution in [1.29, 1.82) is 0 Å². The number of likely N-dealkylation sites (tertiary alicyclic amines) is 1. The minimum atomic E-state index is -0.561. The lowest BCUT2D eigenvalue weighted by Crippen LogP contribution is -2.68. The van der Waals surface area contributed by atoms with Gasteiger partial charge in [-0.05, 0) is 61.0 Å². The van der Waals surface area contributed by atoms with Gasteiger partial charge in [0.15, 0.2) is 0 Å². The van der Waals surface area contributed by atoms with Crippen LogP contribution in [0.5, 0.6) is 0 Å². The fraction of sp³-hybridized carbons (Fsp3) is 0.864. The summed E-state index contributed by atoms with van der Waals surface area (Å²) in [5.74, 6) is 1.16. The van der Waals surface area contributed by atoms with E-state index in [4.69, 9.17) is 0 Å². The summed E-state index contributed by atoms with van der Waals surface area (Å²) in [6.07, 6.45) is 3.50. The van der Waals surface area contributed by atoms with E-state index in [0.29, 0.717) is 24.3 Å². The van der Waals surface area contributed by atoms with Crippen molar-refractivity contribution < 1.29 is 15.0 Å². The number of fused-ring (bicyclic) bond motifs is 1. The number of carbonyl (C=O) groups excluding carboxylic acids is 1. The number of nitrogens with zero attached hydrogens (tertiary/aromatic N) is 1. The lowest BCUT2D eigenvalue weighted by Gasteiger charge is -2.65. The first-order valence-corrected chi connectivity index (χ1v) is 10.6. The Hall–Kier alpha value is -0.710. The molecule has 4 heteroatoms. The van der Waals surface area contributed by atoms with Crippen molar-refractivity contribution in [3.63, 3.8) is 0 Å². The number of carbonyl (C=O) groups is 1. The second-order valence-corrected chi connectivity index (χ2v) is 10.7. The van der Waals surface area contributed by atoms with Crippen molar-refractivity contribution in [2.75, 3.05) is 13.1 Å². The van der Waals surface area contributed by atoms with Crippen molar-refractivity contribution in [2.45, 2.75) is 64.2 Å². The molecule has 1 aliphatic heterocycles. The second-order valence-electron chi connectivity index (χ2n) is 10.7. The monoisotopic (exact) mass is 357 g/mol. The molecule has 7 bridgehead atoms. The first kappa shape index (κ1) is 16.3. The molecule has 0 aromatic carbocycles. The molecule has 5 saturated carbocycles. The minimum Gasteiger partial charge on any atom is -0.392 e. The zero-order valence-electron chi connectivity index (χ0n) is 15.9. The third-order valence-electron chi connectivity index (χ3n) is 10.4. The maximum atomic E-state index is 13.0. The van der Waals surface area contributed by atoms with E-state index in [2.05, 4.69) is 25.3 Å². The number of piperidine rings is 1. The van der Waals surface area contributed by atoms with Crippen molar-refractivity contribution >= 4 is 5.78 Å². The van der Waals surface area contributed by atoms with Crippen LogP contribution < -0.4 is 0 Å². The summed E-state index contributed by atoms with van der Waals surface area (Å²) in [7, 11) is 0. The van der Waals surface area contributed by atoms with Crippen LogP contribution in [0.4, 0.5) is 0 Å². The maximum Gasteiger partial charge on any atom is 0.140 e. The predicted octanol–water partition coefficient (Wildman–Crippen LogP) is 2.00. The molecule has 2 spiro atoms. The Morgan fingerprint density at radius 2 is 2.08 bits per heavy atom. The van der Waals surface area contributed by atoms with Crippen LogP contribution in [0.2, 0.25) is 0 Å². The third-order valence-corrected chi connectivity index (χ3v) is 10.4. The number of hydrogen-bond donors (Lipinski definition) is 2. The summed E-state index contributed by atoms with van der Waals surface area (Å²) in [6, 6.07) is 0.331. The summed E-state index contributed by atoms with van der Waals surface area (Å²) in [5, 5.41) is 22.8. The number of aliphatic hydroxyl groups is 2. The number of Topliss-reactive ketones (excluding diaryl/α,β-unsaturated/α-hetero) is 1. The van der Waals surface area contributed by atoms with Crippen molar-refractivity contribution in [2.24, 2.45) is 39.9 Å². The van der Waals surface area contributed by atoms with Gasteiger partial charge in [0.1, 0.15) is 5.78 Å². The summed E-state index contributed by atoms with van der Waals surface area (Å²) in [6.45, 7) is 10.9. The Morgan fingerprint density at radius 3 is 2.81 bits per heavy atom. The van der Waals surface area contributed by atoms with Crippen molar-refractivity contribution in [1.82, 2.24) is 4.90 Å². The highest BCUT2D eigenvalue weighted by molar-refractivity contribution is 5.87. The van der Waals surface area contributed by atoms with Crippen LogP contribution in [-0.2, 0) is 4.79 Å². The lowest BCUT2D eigenvalue weighted by atomic mass is 9.43. The average molecular weight is 357 g/mol. The molecule has 1 saturated heterocycles. The highest BCUT2D eigenvalue weighted by Crippen LogP contribution is 2.83. The topological polar surface area (TPSA) is 60.8 Å². The van der Waals surface area contributed by atoms with E-state index in [9.17, 15) is 15.0 Å². The molecule has 4 nitrogen and oxygen atoms in total. The minimum absolute atomic E-state index is 0.130. The molecule has 10 atom stereocenters. The number of ketones is 1. The molecule has 6 rings (SSSR count). The first-order valence-electron chi connectivity index (χ1n) is 10.6. The SMILES string of the molecule is C=C1[C@@H]2C[C@]3(C(CC2=O)[C@@]24C(O)CC[C@@]5(C)CN(CC)C2[C@@H]3C[C@@H]54)[C@@H]1O. The second kappa shape index (κ2) is 4.47. The Morgan fingerprint density at radius 1 is 1.31 bits per heavy atom. The summed E-state index contributed by atoms with van der Waals surface area (Å²) < 4.78 is 0. The molecule has 26 heavy (non-hydrogen) atoms. The van der Waals surface area contributed by atoms with Crippen molar-refractivity contribution in [3.05, 3.63) is 12.2 Å². The van der Waals surface area contributed by atoms with E-state index in [0.717, 1.165) is 44.3 Å². The Balaban J connectivity index is 1.62. The predicted molar refractivity (Wildman–Crippen MR) is 97.2 cm³/mol. The molecule has 2 N–H and O–H groups in total. The van der Waals surface area contributed by atoms with Crippen LogP contribution in [0.15, 0.2) is 12.2 Å². The first-order chi connectivity index (χ1) is 12.3. The zero-order valence-corrected chi connectivity index (χ0v) is 15.9. The Labute approximate surface area is 155 Å². The summed E-state index contributed by atoms with van der Waals surface area (Å²) in [4.78, 5) is 15.6. The van der Waals surface area contributed by atoms with Crippen LogP contribution in [0.25, 0.3) is 0 Å². The molecule has 5 aliphatic carbocycles. The van der Waals surface area contributed by atoms with E-state index >= 15 is 0 Å². The fourth-order valence-electron chi connectivity index (χ4n) is 9.75. The Bertz CT molecular complexity index is 735. The smallest absolute Gasteiger partial charge is 0.140 e. The van der Waals surface area contributed by atoms with Gasteiger partial charge in [-0.3, -0.25) is 9.69 Å². The van der Waals surface area contributed by atoms with E-state index < -0.39 is 6.10 Å². The molecular weight excluding hydrogens is 326 g/mol. The van der Waals surface area contributed by atoms with Gasteiger partial charge in [-0.25, -0.2) is 0 Å². The van der Waals surface area contributed by atoms with Gasteiger partial charge in [-0.2, -0.15) is 0 Å². The van der Waals surface area contributed by atoms with Crippen LogP contribution >= 0.6 is 0 Å². The molecule has 3 unspecified atom stereocenters. The third kappa shape index (κ3) is 1.33. The molecule has 0 aromatic heterocycles. The van der Waals surface area contributed by atoms with E-state index in [1.807, 2.05) is 0 Å². The molecule has 6 aliphatic rings. The quantitative estimate of drug-likeness (QED) is 0.705. The van der Waals surface area contributed by atoms with Gasteiger partial charge in [-0.1, -0.05) is 20.4 Å². The fourth-order valence-corrected chi connectivity index (χ4v) is 9.75. The highest BCUT2D eigenvalue weighted by Gasteiger charge is 2.85. The van der Waals surface area contributed by atoms with Gasteiger partial charge in [-0.15, -0.1) is 0 Å². The van der Waals surface area contributed by atoms with E-state index in [-0.39, 0.29) is 40.0 Å². The number of rotatable bonds is 1. The van der Waals surface area contributed by atoms with Gasteiger partial charge in [0.25, 0.3) is 0 Å². The average Bonchev–Trinajstić information content (AvgIpc) is 3.14. The Kier molecular flexibility index (Phi) is 2.80. The van der Waals surface area contributed by atoms with Crippen LogP contribution in [-0.4, -0.2) is 52.2 Å².